The highest BCUT2D eigenvalue weighted by Gasteiger charge is 2.44. The molecule has 0 amide bonds. The van der Waals surface area contributed by atoms with Gasteiger partial charge in [-0.2, -0.15) is 0 Å². The van der Waals surface area contributed by atoms with Crippen molar-refractivity contribution in [2.75, 3.05) is 6.54 Å². The average molecular weight is 240 g/mol. The highest BCUT2D eigenvalue weighted by Crippen LogP contribution is 2.40. The molecule has 3 heterocycles. The van der Waals surface area contributed by atoms with Gasteiger partial charge in [0.25, 0.3) is 6.43 Å². The van der Waals surface area contributed by atoms with Gasteiger partial charge in [0.05, 0.1) is 6.20 Å². The fourth-order valence-electron chi connectivity index (χ4n) is 2.74. The van der Waals surface area contributed by atoms with Crippen molar-refractivity contribution in [1.29, 1.82) is 0 Å². The molecule has 3 nitrogen and oxygen atoms in total. The molecule has 2 aliphatic rings. The predicted molar refractivity (Wildman–Crippen MR) is 58.3 cm³/mol. The summed E-state index contributed by atoms with van der Waals surface area (Å²) < 4.78 is 31.0. The van der Waals surface area contributed by atoms with Crippen molar-refractivity contribution >= 4 is 0 Å². The third kappa shape index (κ3) is 1.78. The Kier molecular flexibility index (Phi) is 2.33. The number of hydrogen-bond acceptors (Lipinski definition) is 3. The first-order valence-electron chi connectivity index (χ1n) is 5.77. The molecule has 1 fully saturated rings. The zero-order valence-corrected chi connectivity index (χ0v) is 9.54. The molecule has 92 valence electrons. The Labute approximate surface area is 98.2 Å². The molecular weight excluding hydrogens is 226 g/mol. The lowest BCUT2D eigenvalue weighted by atomic mass is 9.94. The van der Waals surface area contributed by atoms with Gasteiger partial charge in [0, 0.05) is 31.0 Å². The number of alkyl halides is 2. The molecule has 17 heavy (non-hydrogen) atoms. The number of halogens is 2. The van der Waals surface area contributed by atoms with Gasteiger partial charge in [-0.3, -0.25) is 4.98 Å². The summed E-state index contributed by atoms with van der Waals surface area (Å²) >= 11 is 0. The van der Waals surface area contributed by atoms with Crippen LogP contribution in [-0.4, -0.2) is 23.2 Å². The number of nitrogens with zero attached hydrogens (tertiary/aromatic N) is 1. The lowest BCUT2D eigenvalue weighted by Crippen LogP contribution is -2.36. The van der Waals surface area contributed by atoms with Gasteiger partial charge >= 0.3 is 0 Å². The summed E-state index contributed by atoms with van der Waals surface area (Å²) in [5.41, 5.74) is 0.444. The van der Waals surface area contributed by atoms with Crippen LogP contribution in [0.15, 0.2) is 12.3 Å². The van der Waals surface area contributed by atoms with Crippen LogP contribution in [0.1, 0.15) is 31.0 Å². The number of aromatic nitrogens is 1. The van der Waals surface area contributed by atoms with Crippen LogP contribution in [0.2, 0.25) is 0 Å². The molecule has 0 bridgehead atoms. The Balaban J connectivity index is 1.88. The van der Waals surface area contributed by atoms with Gasteiger partial charge < -0.3 is 10.1 Å². The molecule has 0 aromatic carbocycles. The van der Waals surface area contributed by atoms with E-state index in [1.807, 2.05) is 0 Å². The Hall–Kier alpha value is -1.23. The van der Waals surface area contributed by atoms with Gasteiger partial charge in [-0.15, -0.1) is 0 Å². The fraction of sp³-hybridized carbons (Fsp3) is 0.583. The van der Waals surface area contributed by atoms with E-state index in [1.54, 1.807) is 0 Å². The summed E-state index contributed by atoms with van der Waals surface area (Å²) in [6.07, 6.45) is 0.514. The molecule has 2 aliphatic heterocycles. The van der Waals surface area contributed by atoms with Crippen molar-refractivity contribution in [3.05, 3.63) is 23.5 Å². The van der Waals surface area contributed by atoms with E-state index in [9.17, 15) is 8.78 Å². The van der Waals surface area contributed by atoms with E-state index < -0.39 is 6.43 Å². The van der Waals surface area contributed by atoms with Crippen LogP contribution in [0.5, 0.6) is 5.75 Å². The van der Waals surface area contributed by atoms with Gasteiger partial charge in [-0.25, -0.2) is 8.78 Å². The second kappa shape index (κ2) is 3.63. The van der Waals surface area contributed by atoms with Crippen LogP contribution in [0.4, 0.5) is 8.78 Å². The predicted octanol–water partition coefficient (Wildman–Crippen LogP) is 2.07. The molecule has 2 unspecified atom stereocenters. The number of pyridine rings is 1. The molecule has 1 spiro atoms. The highest BCUT2D eigenvalue weighted by molar-refractivity contribution is 5.39. The maximum Gasteiger partial charge on any atom is 0.280 e. The minimum absolute atomic E-state index is 0.164. The van der Waals surface area contributed by atoms with E-state index in [0.717, 1.165) is 18.5 Å². The Morgan fingerprint density at radius 3 is 3.06 bits per heavy atom. The zero-order valence-electron chi connectivity index (χ0n) is 9.54. The summed E-state index contributed by atoms with van der Waals surface area (Å²) in [5, 5.41) is 3.33. The molecule has 3 rings (SSSR count). The van der Waals surface area contributed by atoms with Gasteiger partial charge in [-0.05, 0) is 13.0 Å². The van der Waals surface area contributed by atoms with E-state index in [4.69, 9.17) is 4.74 Å². The molecule has 0 saturated carbocycles. The normalized spacial score (nSPS) is 30.9. The van der Waals surface area contributed by atoms with Crippen LogP contribution >= 0.6 is 0 Å². The van der Waals surface area contributed by atoms with Crippen molar-refractivity contribution in [2.45, 2.75) is 37.8 Å². The lowest BCUT2D eigenvalue weighted by Gasteiger charge is -2.21. The van der Waals surface area contributed by atoms with E-state index in [2.05, 4.69) is 17.2 Å². The SMILES string of the molecule is CC1CC2(CN1)Cc1cc(C(F)F)ncc1O2. The standard InChI is InChI=1S/C12H14F2N2O/c1-7-3-12(6-16-7)4-8-2-9(11(13)14)15-5-10(8)17-12/h2,5,7,11,16H,3-4,6H2,1H3. The summed E-state index contributed by atoms with van der Waals surface area (Å²) in [6, 6.07) is 1.88. The minimum atomic E-state index is -2.52. The van der Waals surface area contributed by atoms with Crippen LogP contribution in [0.25, 0.3) is 0 Å². The second-order valence-corrected chi connectivity index (χ2v) is 4.97. The third-order valence-electron chi connectivity index (χ3n) is 3.48. The van der Waals surface area contributed by atoms with Gasteiger partial charge in [0.15, 0.2) is 0 Å². The van der Waals surface area contributed by atoms with Crippen molar-refractivity contribution in [3.8, 4) is 5.75 Å². The number of rotatable bonds is 1. The van der Waals surface area contributed by atoms with E-state index >= 15 is 0 Å². The van der Waals surface area contributed by atoms with E-state index in [1.165, 1.54) is 12.3 Å². The maximum atomic E-state index is 12.6. The summed E-state index contributed by atoms with van der Waals surface area (Å²) in [6.45, 7) is 2.87. The summed E-state index contributed by atoms with van der Waals surface area (Å²) in [4.78, 5) is 3.73. The number of nitrogens with one attached hydrogen (secondary N) is 1. The monoisotopic (exact) mass is 240 g/mol. The first kappa shape index (κ1) is 10.9. The van der Waals surface area contributed by atoms with Gasteiger partial charge in [-0.1, -0.05) is 0 Å². The topological polar surface area (TPSA) is 34.2 Å². The van der Waals surface area contributed by atoms with Crippen molar-refractivity contribution in [3.63, 3.8) is 0 Å². The van der Waals surface area contributed by atoms with E-state index in [-0.39, 0.29) is 11.3 Å². The molecular formula is C12H14F2N2O. The third-order valence-corrected chi connectivity index (χ3v) is 3.48. The Bertz CT molecular complexity index is 452. The van der Waals surface area contributed by atoms with Crippen molar-refractivity contribution in [2.24, 2.45) is 0 Å². The smallest absolute Gasteiger partial charge is 0.280 e. The minimum Gasteiger partial charge on any atom is -0.484 e. The lowest BCUT2D eigenvalue weighted by molar-refractivity contribution is 0.115. The molecule has 1 aromatic rings. The Morgan fingerprint density at radius 2 is 2.41 bits per heavy atom. The van der Waals surface area contributed by atoms with Gasteiger partial charge in [0.1, 0.15) is 17.0 Å². The van der Waals surface area contributed by atoms with Crippen LogP contribution in [-0.2, 0) is 6.42 Å². The average Bonchev–Trinajstić information content (AvgIpc) is 2.80. The number of fused-ring (bicyclic) bond motifs is 1. The van der Waals surface area contributed by atoms with Crippen LogP contribution in [0, 0.1) is 0 Å². The molecule has 1 N–H and O–H groups in total. The van der Waals surface area contributed by atoms with Crippen molar-refractivity contribution < 1.29 is 13.5 Å². The molecule has 2 atom stereocenters. The number of ether oxygens (including phenoxy) is 1. The van der Waals surface area contributed by atoms with E-state index in [0.29, 0.717) is 18.2 Å². The second-order valence-electron chi connectivity index (χ2n) is 4.97. The molecule has 0 radical (unpaired) electrons. The molecule has 1 aromatic heterocycles. The molecule has 0 aliphatic carbocycles. The van der Waals surface area contributed by atoms with Crippen LogP contribution in [0.3, 0.4) is 0 Å². The summed E-state index contributed by atoms with van der Waals surface area (Å²) in [7, 11) is 0. The first-order valence-corrected chi connectivity index (χ1v) is 5.77. The maximum absolute atomic E-state index is 12.6. The quantitative estimate of drug-likeness (QED) is 0.816. The van der Waals surface area contributed by atoms with Crippen molar-refractivity contribution in [1.82, 2.24) is 10.3 Å². The van der Waals surface area contributed by atoms with Gasteiger partial charge in [0.2, 0.25) is 0 Å². The largest absolute Gasteiger partial charge is 0.484 e. The summed E-state index contributed by atoms with van der Waals surface area (Å²) in [5.74, 6) is 0.658. The number of hydrogen-bond donors (Lipinski definition) is 1. The molecule has 5 heteroatoms. The molecule has 1 saturated heterocycles. The van der Waals surface area contributed by atoms with Crippen LogP contribution < -0.4 is 10.1 Å². The fourth-order valence-corrected chi connectivity index (χ4v) is 2.74. The highest BCUT2D eigenvalue weighted by atomic mass is 19.3. The first-order chi connectivity index (χ1) is 8.08. The Morgan fingerprint density at radius 1 is 1.59 bits per heavy atom. The zero-order chi connectivity index (χ0) is 12.0.